The van der Waals surface area contributed by atoms with Crippen molar-refractivity contribution in [3.8, 4) is 5.75 Å². The second kappa shape index (κ2) is 12.5. The molecular formula is C29H35ClN2O4. The summed E-state index contributed by atoms with van der Waals surface area (Å²) >= 11 is 5.98. The number of hydrogen-bond donors (Lipinski definition) is 2. The average Bonchev–Trinajstić information content (AvgIpc) is 2.88. The number of nitrogens with zero attached hydrogens (tertiary/aromatic N) is 2. The van der Waals surface area contributed by atoms with E-state index >= 15 is 0 Å². The van der Waals surface area contributed by atoms with E-state index in [1.54, 1.807) is 13.3 Å². The van der Waals surface area contributed by atoms with E-state index in [1.807, 2.05) is 36.4 Å². The molecule has 7 heteroatoms. The molecule has 0 radical (unpaired) electrons. The van der Waals surface area contributed by atoms with Gasteiger partial charge in [0.2, 0.25) is 0 Å². The number of fused-ring (bicyclic) bond motifs is 1. The third-order valence-electron chi connectivity index (χ3n) is 7.42. The number of aromatic nitrogens is 1. The largest absolute Gasteiger partial charge is 0.497 e. The SMILES string of the molecule is COc1ccc2nccc([C@H](O)CC[C@@H]3CCN(CCCc4ccc(Cl)cc4)C[C@@H]3CC(=O)O)c2c1. The third kappa shape index (κ3) is 6.96. The number of aryl methyl sites for hydroxylation is 1. The summed E-state index contributed by atoms with van der Waals surface area (Å²) in [4.78, 5) is 18.4. The number of likely N-dealkylation sites (tertiary alicyclic amines) is 1. The van der Waals surface area contributed by atoms with Crippen molar-refractivity contribution >= 4 is 28.5 Å². The van der Waals surface area contributed by atoms with Gasteiger partial charge in [0, 0.05) is 29.6 Å². The van der Waals surface area contributed by atoms with Crippen LogP contribution in [0.4, 0.5) is 0 Å². The number of rotatable bonds is 11. The molecule has 3 aromatic rings. The van der Waals surface area contributed by atoms with E-state index in [9.17, 15) is 15.0 Å². The molecule has 36 heavy (non-hydrogen) atoms. The summed E-state index contributed by atoms with van der Waals surface area (Å²) < 4.78 is 5.36. The first-order valence-corrected chi connectivity index (χ1v) is 13.1. The molecule has 1 aliphatic rings. The predicted molar refractivity (Wildman–Crippen MR) is 143 cm³/mol. The maximum absolute atomic E-state index is 11.6. The van der Waals surface area contributed by atoms with E-state index in [1.165, 1.54) is 5.56 Å². The summed E-state index contributed by atoms with van der Waals surface area (Å²) in [5.74, 6) is 0.355. The van der Waals surface area contributed by atoms with Crippen molar-refractivity contribution < 1.29 is 19.7 Å². The van der Waals surface area contributed by atoms with Crippen molar-refractivity contribution in [3.63, 3.8) is 0 Å². The fourth-order valence-corrected chi connectivity index (χ4v) is 5.57. The van der Waals surface area contributed by atoms with Crippen LogP contribution in [0.1, 0.15) is 49.3 Å². The van der Waals surface area contributed by atoms with Crippen molar-refractivity contribution in [2.24, 2.45) is 11.8 Å². The first-order chi connectivity index (χ1) is 17.4. The minimum Gasteiger partial charge on any atom is -0.497 e. The highest BCUT2D eigenvalue weighted by Crippen LogP contribution is 2.35. The Kier molecular flexibility index (Phi) is 9.19. The summed E-state index contributed by atoms with van der Waals surface area (Å²) in [5, 5.41) is 22.3. The molecule has 1 fully saturated rings. The minimum absolute atomic E-state index is 0.0910. The second-order valence-electron chi connectivity index (χ2n) is 9.81. The molecule has 0 spiro atoms. The molecule has 0 unspecified atom stereocenters. The van der Waals surface area contributed by atoms with E-state index in [2.05, 4.69) is 22.0 Å². The van der Waals surface area contributed by atoms with Gasteiger partial charge in [0.25, 0.3) is 0 Å². The van der Waals surface area contributed by atoms with Gasteiger partial charge in [-0.15, -0.1) is 0 Å². The Hall–Kier alpha value is -2.67. The number of ether oxygens (including phenoxy) is 1. The van der Waals surface area contributed by atoms with Crippen LogP contribution in [-0.2, 0) is 11.2 Å². The lowest BCUT2D eigenvalue weighted by molar-refractivity contribution is -0.139. The molecule has 2 aromatic carbocycles. The van der Waals surface area contributed by atoms with Crippen LogP contribution in [0.5, 0.6) is 5.75 Å². The Morgan fingerprint density at radius 1 is 1.19 bits per heavy atom. The topological polar surface area (TPSA) is 82.9 Å². The van der Waals surface area contributed by atoms with Crippen molar-refractivity contribution in [1.82, 2.24) is 9.88 Å². The Morgan fingerprint density at radius 2 is 2.00 bits per heavy atom. The Morgan fingerprint density at radius 3 is 2.75 bits per heavy atom. The molecule has 2 N–H and O–H groups in total. The molecular weight excluding hydrogens is 476 g/mol. The summed E-state index contributed by atoms with van der Waals surface area (Å²) in [5.41, 5.74) is 2.93. The smallest absolute Gasteiger partial charge is 0.303 e. The molecule has 192 valence electrons. The van der Waals surface area contributed by atoms with E-state index in [-0.39, 0.29) is 18.3 Å². The lowest BCUT2D eigenvalue weighted by Crippen LogP contribution is -2.42. The van der Waals surface area contributed by atoms with Gasteiger partial charge in [0.15, 0.2) is 0 Å². The number of hydrogen-bond acceptors (Lipinski definition) is 5. The minimum atomic E-state index is -0.749. The zero-order valence-electron chi connectivity index (χ0n) is 20.8. The number of aliphatic hydroxyl groups is 1. The fourth-order valence-electron chi connectivity index (χ4n) is 5.44. The monoisotopic (exact) mass is 510 g/mol. The second-order valence-corrected chi connectivity index (χ2v) is 10.3. The highest BCUT2D eigenvalue weighted by molar-refractivity contribution is 6.30. The highest BCUT2D eigenvalue weighted by Gasteiger charge is 2.31. The molecule has 0 aliphatic carbocycles. The van der Waals surface area contributed by atoms with Crippen molar-refractivity contribution in [2.75, 3.05) is 26.7 Å². The summed E-state index contributed by atoms with van der Waals surface area (Å²) in [6, 6.07) is 15.5. The number of pyridine rings is 1. The van der Waals surface area contributed by atoms with Gasteiger partial charge in [0.05, 0.1) is 18.7 Å². The number of carbonyl (C=O) groups is 1. The van der Waals surface area contributed by atoms with Gasteiger partial charge in [0.1, 0.15) is 5.75 Å². The average molecular weight is 511 g/mol. The van der Waals surface area contributed by atoms with E-state index < -0.39 is 12.1 Å². The van der Waals surface area contributed by atoms with E-state index in [0.29, 0.717) is 6.42 Å². The summed E-state index contributed by atoms with van der Waals surface area (Å²) in [6.45, 7) is 2.72. The molecule has 0 amide bonds. The van der Waals surface area contributed by atoms with Crippen LogP contribution in [0.3, 0.4) is 0 Å². The Balaban J connectivity index is 1.34. The number of aliphatic carboxylic acids is 1. The fraction of sp³-hybridized carbons (Fsp3) is 0.448. The van der Waals surface area contributed by atoms with Gasteiger partial charge in [-0.25, -0.2) is 0 Å². The molecule has 1 saturated heterocycles. The number of halogens is 1. The molecule has 0 bridgehead atoms. The first-order valence-electron chi connectivity index (χ1n) is 12.7. The van der Waals surface area contributed by atoms with Crippen LogP contribution in [-0.4, -0.2) is 52.8 Å². The predicted octanol–water partition coefficient (Wildman–Crippen LogP) is 5.76. The van der Waals surface area contributed by atoms with Crippen LogP contribution in [0.25, 0.3) is 10.9 Å². The molecule has 2 heterocycles. The van der Waals surface area contributed by atoms with Crippen LogP contribution in [0.15, 0.2) is 54.7 Å². The molecule has 1 aromatic heterocycles. The van der Waals surface area contributed by atoms with E-state index in [4.69, 9.17) is 16.3 Å². The maximum Gasteiger partial charge on any atom is 0.303 e. The quantitative estimate of drug-likeness (QED) is 0.341. The van der Waals surface area contributed by atoms with Crippen LogP contribution >= 0.6 is 11.6 Å². The molecule has 3 atom stereocenters. The number of carboxylic acids is 1. The van der Waals surface area contributed by atoms with Gasteiger partial charge >= 0.3 is 5.97 Å². The lowest BCUT2D eigenvalue weighted by atomic mass is 9.79. The van der Waals surface area contributed by atoms with Gasteiger partial charge < -0.3 is 19.8 Å². The number of benzene rings is 2. The number of carboxylic acid groups (broad SMARTS) is 1. The van der Waals surface area contributed by atoms with Crippen LogP contribution in [0.2, 0.25) is 5.02 Å². The summed E-state index contributed by atoms with van der Waals surface area (Å²) in [7, 11) is 1.63. The zero-order valence-corrected chi connectivity index (χ0v) is 21.5. The van der Waals surface area contributed by atoms with Crippen molar-refractivity contribution in [2.45, 2.75) is 44.6 Å². The van der Waals surface area contributed by atoms with Crippen LogP contribution < -0.4 is 4.74 Å². The van der Waals surface area contributed by atoms with Gasteiger partial charge in [-0.3, -0.25) is 9.78 Å². The maximum atomic E-state index is 11.6. The van der Waals surface area contributed by atoms with Crippen molar-refractivity contribution in [3.05, 3.63) is 70.9 Å². The van der Waals surface area contributed by atoms with Gasteiger partial charge in [-0.2, -0.15) is 0 Å². The summed E-state index contributed by atoms with van der Waals surface area (Å²) in [6.07, 6.45) is 5.62. The highest BCUT2D eigenvalue weighted by atomic mass is 35.5. The third-order valence-corrected chi connectivity index (χ3v) is 7.67. The van der Waals surface area contributed by atoms with Crippen molar-refractivity contribution in [1.29, 1.82) is 0 Å². The van der Waals surface area contributed by atoms with E-state index in [0.717, 1.165) is 72.6 Å². The van der Waals surface area contributed by atoms with Gasteiger partial charge in [-0.05, 0) is 105 Å². The number of aliphatic hydroxyl groups excluding tert-OH is 1. The molecule has 4 rings (SSSR count). The Bertz CT molecular complexity index is 1150. The zero-order chi connectivity index (χ0) is 25.5. The number of methoxy groups -OCH3 is 1. The molecule has 1 aliphatic heterocycles. The van der Waals surface area contributed by atoms with Crippen LogP contribution in [0, 0.1) is 11.8 Å². The standard InChI is InChI=1S/C29H35ClN2O4/c1-36-24-9-10-27-26(18-24)25(12-14-31-27)28(33)11-6-21-13-16-32(19-22(21)17-29(34)35)15-2-3-20-4-7-23(30)8-5-20/h4-5,7-10,12,14,18,21-22,28,33H,2-3,6,11,13,15-17,19H2,1H3,(H,34,35)/t21-,22+,28-/m1/s1. The van der Waals surface area contributed by atoms with Gasteiger partial charge in [-0.1, -0.05) is 23.7 Å². The first kappa shape index (κ1) is 26.4. The normalized spacial score (nSPS) is 19.3. The molecule has 6 nitrogen and oxygen atoms in total. The Labute approximate surface area is 217 Å². The number of piperidine rings is 1. The lowest BCUT2D eigenvalue weighted by Gasteiger charge is -2.38. The molecule has 0 saturated carbocycles.